The molecule has 1 heterocycles. The molecule has 0 aliphatic heterocycles. The Hall–Kier alpha value is -1.35. The number of rotatable bonds is 2. The Bertz CT molecular complexity index is 446. The Morgan fingerprint density at radius 1 is 1.31 bits per heavy atom. The summed E-state index contributed by atoms with van der Waals surface area (Å²) in [6.07, 6.45) is 0.790. The second-order valence-corrected chi connectivity index (χ2v) is 5.38. The monoisotopic (exact) mass is 217 g/mol. The third-order valence-corrected chi connectivity index (χ3v) is 2.96. The topological polar surface area (TPSA) is 54.7 Å². The van der Waals surface area contributed by atoms with Crippen LogP contribution in [0.2, 0.25) is 0 Å². The van der Waals surface area contributed by atoms with Crippen LogP contribution in [-0.4, -0.2) is 16.0 Å². The Kier molecular flexibility index (Phi) is 2.72. The van der Waals surface area contributed by atoms with E-state index >= 15 is 0 Å². The van der Waals surface area contributed by atoms with E-state index in [4.69, 9.17) is 5.73 Å². The number of hydrogen-bond donors (Lipinski definition) is 2. The van der Waals surface area contributed by atoms with Crippen molar-refractivity contribution in [3.8, 4) is 0 Å². The largest absolute Gasteiger partial charge is 0.342 e. The molecule has 0 fully saturated rings. The van der Waals surface area contributed by atoms with Crippen LogP contribution in [-0.2, 0) is 6.42 Å². The summed E-state index contributed by atoms with van der Waals surface area (Å²) in [5.41, 5.74) is 8.35. The van der Waals surface area contributed by atoms with Crippen molar-refractivity contribution in [1.82, 2.24) is 9.97 Å². The minimum Gasteiger partial charge on any atom is -0.342 e. The molecule has 3 nitrogen and oxygen atoms in total. The summed E-state index contributed by atoms with van der Waals surface area (Å²) < 4.78 is 0. The van der Waals surface area contributed by atoms with Gasteiger partial charge in [0.1, 0.15) is 5.82 Å². The molecule has 0 spiro atoms. The number of nitrogens with one attached hydrogen (secondary N) is 1. The molecule has 2 aromatic rings. The molecule has 0 bridgehead atoms. The van der Waals surface area contributed by atoms with Gasteiger partial charge >= 0.3 is 0 Å². The fraction of sp³-hybridized carbons (Fsp3) is 0.462. The first kappa shape index (κ1) is 11.1. The van der Waals surface area contributed by atoms with E-state index in [-0.39, 0.29) is 11.5 Å². The summed E-state index contributed by atoms with van der Waals surface area (Å²) in [7, 11) is 0. The quantitative estimate of drug-likeness (QED) is 0.812. The van der Waals surface area contributed by atoms with Crippen molar-refractivity contribution >= 4 is 11.0 Å². The first-order chi connectivity index (χ1) is 7.47. The van der Waals surface area contributed by atoms with Gasteiger partial charge in [-0.05, 0) is 17.5 Å². The molecule has 0 saturated heterocycles. The molecular formula is C13H19N3. The molecule has 3 N–H and O–H groups in total. The van der Waals surface area contributed by atoms with Crippen molar-refractivity contribution in [1.29, 1.82) is 0 Å². The van der Waals surface area contributed by atoms with Crippen LogP contribution in [0.4, 0.5) is 0 Å². The lowest BCUT2D eigenvalue weighted by atomic mass is 9.85. The van der Waals surface area contributed by atoms with Gasteiger partial charge in [0.15, 0.2) is 0 Å². The van der Waals surface area contributed by atoms with E-state index in [1.54, 1.807) is 0 Å². The minimum atomic E-state index is 0.110. The molecule has 3 heteroatoms. The van der Waals surface area contributed by atoms with E-state index in [2.05, 4.69) is 30.7 Å². The molecule has 0 aliphatic rings. The Labute approximate surface area is 96.1 Å². The molecule has 1 aromatic carbocycles. The summed E-state index contributed by atoms with van der Waals surface area (Å²) in [5, 5.41) is 0. The molecule has 16 heavy (non-hydrogen) atoms. The van der Waals surface area contributed by atoms with Crippen LogP contribution in [0.5, 0.6) is 0 Å². The van der Waals surface area contributed by atoms with E-state index in [9.17, 15) is 0 Å². The number of nitrogens with two attached hydrogens (primary N) is 1. The zero-order valence-electron chi connectivity index (χ0n) is 10.1. The smallest absolute Gasteiger partial charge is 0.108 e. The normalized spacial score (nSPS) is 14.2. The summed E-state index contributed by atoms with van der Waals surface area (Å²) >= 11 is 0. The molecular weight excluding hydrogens is 198 g/mol. The highest BCUT2D eigenvalue weighted by atomic mass is 14.9. The maximum atomic E-state index is 6.14. The third-order valence-electron chi connectivity index (χ3n) is 2.96. The van der Waals surface area contributed by atoms with E-state index in [1.807, 2.05) is 24.3 Å². The van der Waals surface area contributed by atoms with Crippen molar-refractivity contribution in [3.63, 3.8) is 0 Å². The summed E-state index contributed by atoms with van der Waals surface area (Å²) in [5.74, 6) is 0.976. The van der Waals surface area contributed by atoms with Gasteiger partial charge in [-0.3, -0.25) is 0 Å². The maximum Gasteiger partial charge on any atom is 0.108 e. The molecule has 1 aromatic heterocycles. The standard InChI is InChI=1S/C13H19N3/c1-13(2,3)11(14)8-12-15-9-6-4-5-7-10(9)16-12/h4-7,11H,8,14H2,1-3H3,(H,15,16). The fourth-order valence-corrected chi connectivity index (χ4v) is 1.62. The summed E-state index contributed by atoms with van der Waals surface area (Å²) in [6.45, 7) is 6.46. The lowest BCUT2D eigenvalue weighted by Crippen LogP contribution is -2.37. The number of imidazole rings is 1. The van der Waals surface area contributed by atoms with Crippen molar-refractivity contribution < 1.29 is 0 Å². The van der Waals surface area contributed by atoms with E-state index in [0.29, 0.717) is 0 Å². The first-order valence-corrected chi connectivity index (χ1v) is 5.66. The second kappa shape index (κ2) is 3.91. The van der Waals surface area contributed by atoms with Gasteiger partial charge in [-0.1, -0.05) is 32.9 Å². The van der Waals surface area contributed by atoms with Crippen molar-refractivity contribution in [2.24, 2.45) is 11.1 Å². The number of fused-ring (bicyclic) bond motifs is 1. The number of H-pyrrole nitrogens is 1. The predicted octanol–water partition coefficient (Wildman–Crippen LogP) is 2.48. The molecule has 0 aliphatic carbocycles. The van der Waals surface area contributed by atoms with Gasteiger partial charge in [0.2, 0.25) is 0 Å². The first-order valence-electron chi connectivity index (χ1n) is 5.66. The van der Waals surface area contributed by atoms with Crippen molar-refractivity contribution in [2.45, 2.75) is 33.2 Å². The average Bonchev–Trinajstić information content (AvgIpc) is 2.58. The Morgan fingerprint density at radius 2 is 2.00 bits per heavy atom. The van der Waals surface area contributed by atoms with Crippen molar-refractivity contribution in [3.05, 3.63) is 30.1 Å². The van der Waals surface area contributed by atoms with Crippen LogP contribution in [0.1, 0.15) is 26.6 Å². The second-order valence-electron chi connectivity index (χ2n) is 5.38. The van der Waals surface area contributed by atoms with Crippen LogP contribution in [0, 0.1) is 5.41 Å². The highest BCUT2D eigenvalue weighted by Gasteiger charge is 2.21. The van der Waals surface area contributed by atoms with Crippen molar-refractivity contribution in [2.75, 3.05) is 0 Å². The number of para-hydroxylation sites is 2. The number of nitrogens with zero attached hydrogens (tertiary/aromatic N) is 1. The highest BCUT2D eigenvalue weighted by molar-refractivity contribution is 5.74. The van der Waals surface area contributed by atoms with Crippen LogP contribution in [0.25, 0.3) is 11.0 Å². The van der Waals surface area contributed by atoms with E-state index in [1.165, 1.54) is 0 Å². The number of aromatic nitrogens is 2. The number of aromatic amines is 1. The maximum absolute atomic E-state index is 6.14. The van der Waals surface area contributed by atoms with Gasteiger partial charge in [0, 0.05) is 12.5 Å². The Morgan fingerprint density at radius 3 is 2.62 bits per heavy atom. The van der Waals surface area contributed by atoms with Gasteiger partial charge in [0.25, 0.3) is 0 Å². The van der Waals surface area contributed by atoms with Gasteiger partial charge in [0.05, 0.1) is 11.0 Å². The SMILES string of the molecule is CC(C)(C)C(N)Cc1nc2ccccc2[nH]1. The number of hydrogen-bond acceptors (Lipinski definition) is 2. The molecule has 2 rings (SSSR count). The van der Waals surface area contributed by atoms with Crippen LogP contribution in [0.15, 0.2) is 24.3 Å². The summed E-state index contributed by atoms with van der Waals surface area (Å²) in [4.78, 5) is 7.84. The number of benzene rings is 1. The minimum absolute atomic E-state index is 0.110. The Balaban J connectivity index is 2.22. The zero-order valence-corrected chi connectivity index (χ0v) is 10.1. The van der Waals surface area contributed by atoms with Gasteiger partial charge in [-0.25, -0.2) is 4.98 Å². The van der Waals surface area contributed by atoms with E-state index in [0.717, 1.165) is 23.3 Å². The summed E-state index contributed by atoms with van der Waals surface area (Å²) in [6, 6.07) is 8.17. The average molecular weight is 217 g/mol. The lowest BCUT2D eigenvalue weighted by molar-refractivity contribution is 0.315. The molecule has 86 valence electrons. The van der Waals surface area contributed by atoms with Crippen LogP contribution >= 0.6 is 0 Å². The molecule has 1 unspecified atom stereocenters. The molecule has 0 saturated carbocycles. The third kappa shape index (κ3) is 2.25. The molecule has 0 amide bonds. The van der Waals surface area contributed by atoms with Crippen LogP contribution in [0.3, 0.4) is 0 Å². The highest BCUT2D eigenvalue weighted by Crippen LogP contribution is 2.20. The zero-order chi connectivity index (χ0) is 11.8. The lowest BCUT2D eigenvalue weighted by Gasteiger charge is -2.26. The van der Waals surface area contributed by atoms with Gasteiger partial charge in [-0.15, -0.1) is 0 Å². The van der Waals surface area contributed by atoms with E-state index < -0.39 is 0 Å². The molecule has 0 radical (unpaired) electrons. The van der Waals surface area contributed by atoms with Crippen LogP contribution < -0.4 is 5.73 Å². The molecule has 1 atom stereocenters. The van der Waals surface area contributed by atoms with Gasteiger partial charge in [-0.2, -0.15) is 0 Å². The fourth-order valence-electron chi connectivity index (χ4n) is 1.62. The predicted molar refractivity (Wildman–Crippen MR) is 67.2 cm³/mol. The van der Waals surface area contributed by atoms with Gasteiger partial charge < -0.3 is 10.7 Å².